The minimum atomic E-state index is -0.193. The van der Waals surface area contributed by atoms with Gasteiger partial charge in [-0.05, 0) is 55.6 Å². The van der Waals surface area contributed by atoms with Crippen LogP contribution in [0.2, 0.25) is 5.02 Å². The van der Waals surface area contributed by atoms with Crippen LogP contribution in [0.25, 0.3) is 0 Å². The average molecular weight is 369 g/mol. The van der Waals surface area contributed by atoms with Gasteiger partial charge in [0.15, 0.2) is 6.10 Å². The smallest absolute Gasteiger partial charge is 0.157 e. The molecule has 2 aliphatic rings. The largest absolute Gasteiger partial charge is 0.481 e. The van der Waals surface area contributed by atoms with Gasteiger partial charge in [0.25, 0.3) is 0 Å². The highest BCUT2D eigenvalue weighted by Gasteiger charge is 2.40. The Balaban J connectivity index is 1.64. The molecule has 1 fully saturated rings. The Kier molecular flexibility index (Phi) is 4.82. The van der Waals surface area contributed by atoms with E-state index in [0.29, 0.717) is 16.3 Å². The number of ether oxygens (including phenoxy) is 1. The second kappa shape index (κ2) is 7.24. The summed E-state index contributed by atoms with van der Waals surface area (Å²) in [5, 5.41) is 9.47. The van der Waals surface area contributed by atoms with Gasteiger partial charge in [-0.3, -0.25) is 9.88 Å². The predicted octanol–water partition coefficient (Wildman–Crippen LogP) is 3.07. The minimum absolute atomic E-state index is 0.193. The fourth-order valence-electron chi connectivity index (χ4n) is 3.99. The van der Waals surface area contributed by atoms with Gasteiger partial charge in [0.1, 0.15) is 5.75 Å². The van der Waals surface area contributed by atoms with Crippen molar-refractivity contribution in [1.82, 2.24) is 9.88 Å². The van der Waals surface area contributed by atoms with Gasteiger partial charge in [0, 0.05) is 18.8 Å². The molecule has 2 aromatic rings. The zero-order valence-corrected chi connectivity index (χ0v) is 15.2. The van der Waals surface area contributed by atoms with E-state index in [1.165, 1.54) is 5.56 Å². The van der Waals surface area contributed by atoms with E-state index in [4.69, 9.17) is 27.3 Å². The lowest BCUT2D eigenvalue weighted by molar-refractivity contribution is 0.0577. The monoisotopic (exact) mass is 368 g/mol. The molecule has 4 rings (SSSR count). The normalized spacial score (nSPS) is 25.5. The molecule has 0 radical (unpaired) electrons. The molecular weight excluding hydrogens is 348 g/mol. The Morgan fingerprint density at radius 3 is 3.00 bits per heavy atom. The number of likely N-dealkylation sites (tertiary alicyclic amines) is 1. The van der Waals surface area contributed by atoms with Crippen molar-refractivity contribution < 1.29 is 4.74 Å². The molecule has 1 aliphatic carbocycles. The van der Waals surface area contributed by atoms with Crippen molar-refractivity contribution in [2.45, 2.75) is 37.5 Å². The maximum absolute atomic E-state index is 9.03. The number of rotatable bonds is 3. The summed E-state index contributed by atoms with van der Waals surface area (Å²) in [6.45, 7) is 1.90. The van der Waals surface area contributed by atoms with E-state index < -0.39 is 0 Å². The van der Waals surface area contributed by atoms with Crippen LogP contribution in [-0.4, -0.2) is 35.1 Å². The lowest BCUT2D eigenvalue weighted by Crippen LogP contribution is -2.49. The first-order valence-electron chi connectivity index (χ1n) is 8.95. The summed E-state index contributed by atoms with van der Waals surface area (Å²) in [6.07, 6.45) is 4.68. The van der Waals surface area contributed by atoms with Gasteiger partial charge >= 0.3 is 0 Å². The summed E-state index contributed by atoms with van der Waals surface area (Å²) in [4.78, 5) is 7.01. The molecular formula is C20H21ClN4O. The maximum Gasteiger partial charge on any atom is 0.157 e. The Labute approximate surface area is 158 Å². The third-order valence-corrected chi connectivity index (χ3v) is 5.54. The number of nitrogens with two attached hydrogens (primary N) is 1. The van der Waals surface area contributed by atoms with Crippen LogP contribution >= 0.6 is 11.6 Å². The standard InChI is InChI=1S/C20H21ClN4O/c21-16-9-13(11-22)5-6-18(16)26-20-17(25-8-2-4-15(23)12-25)10-14-3-1-7-24-19(14)20/h1,3,5-7,9,15,17,20H,2,4,8,10,12,23H2/t15?,17-,20+/m1/s1. The van der Waals surface area contributed by atoms with E-state index >= 15 is 0 Å². The van der Waals surface area contributed by atoms with Gasteiger partial charge in [-0.2, -0.15) is 5.26 Å². The number of nitriles is 1. The fourth-order valence-corrected chi connectivity index (χ4v) is 4.22. The molecule has 0 amide bonds. The molecule has 0 saturated carbocycles. The third-order valence-electron chi connectivity index (χ3n) is 5.25. The molecule has 1 aromatic carbocycles. The second-order valence-electron chi connectivity index (χ2n) is 7.01. The van der Waals surface area contributed by atoms with Crippen molar-refractivity contribution in [1.29, 1.82) is 5.26 Å². The highest BCUT2D eigenvalue weighted by Crippen LogP contribution is 2.39. The van der Waals surface area contributed by atoms with E-state index in [9.17, 15) is 0 Å². The Bertz CT molecular complexity index is 850. The van der Waals surface area contributed by atoms with Crippen LogP contribution in [0.4, 0.5) is 0 Å². The Hall–Kier alpha value is -2.13. The summed E-state index contributed by atoms with van der Waals surface area (Å²) >= 11 is 6.34. The molecule has 1 aromatic heterocycles. The van der Waals surface area contributed by atoms with E-state index in [0.717, 1.165) is 38.0 Å². The van der Waals surface area contributed by atoms with E-state index in [1.807, 2.05) is 6.07 Å². The zero-order chi connectivity index (χ0) is 18.1. The topological polar surface area (TPSA) is 75.2 Å². The van der Waals surface area contributed by atoms with Crippen LogP contribution in [0.5, 0.6) is 5.75 Å². The van der Waals surface area contributed by atoms with Gasteiger partial charge in [0.05, 0.1) is 28.4 Å². The zero-order valence-electron chi connectivity index (χ0n) is 14.4. The van der Waals surface area contributed by atoms with Crippen molar-refractivity contribution in [2.24, 2.45) is 5.73 Å². The number of benzene rings is 1. The maximum atomic E-state index is 9.03. The van der Waals surface area contributed by atoms with Gasteiger partial charge < -0.3 is 10.5 Å². The lowest BCUT2D eigenvalue weighted by atomic mass is 10.0. The van der Waals surface area contributed by atoms with Crippen LogP contribution in [0, 0.1) is 11.3 Å². The van der Waals surface area contributed by atoms with Crippen LogP contribution in [0.3, 0.4) is 0 Å². The van der Waals surface area contributed by atoms with Gasteiger partial charge in [-0.15, -0.1) is 0 Å². The van der Waals surface area contributed by atoms with Crippen molar-refractivity contribution in [3.8, 4) is 11.8 Å². The molecule has 3 atom stereocenters. The summed E-state index contributed by atoms with van der Waals surface area (Å²) in [5.74, 6) is 0.584. The SMILES string of the molecule is N#Cc1ccc(O[C@@H]2c3ncccc3C[C@H]2N2CCCC(N)C2)c(Cl)c1. The van der Waals surface area contributed by atoms with Crippen LogP contribution in [0.1, 0.15) is 35.8 Å². The first-order valence-corrected chi connectivity index (χ1v) is 9.33. The van der Waals surface area contributed by atoms with Crippen molar-refractivity contribution in [2.75, 3.05) is 13.1 Å². The van der Waals surface area contributed by atoms with E-state index in [-0.39, 0.29) is 18.2 Å². The van der Waals surface area contributed by atoms with E-state index in [1.54, 1.807) is 24.4 Å². The third kappa shape index (κ3) is 3.28. The van der Waals surface area contributed by atoms with Crippen LogP contribution in [-0.2, 0) is 6.42 Å². The fraction of sp³-hybridized carbons (Fsp3) is 0.400. The molecule has 1 saturated heterocycles. The van der Waals surface area contributed by atoms with Crippen molar-refractivity contribution >= 4 is 11.6 Å². The first kappa shape index (κ1) is 17.3. The highest BCUT2D eigenvalue weighted by atomic mass is 35.5. The summed E-state index contributed by atoms with van der Waals surface area (Å²) in [7, 11) is 0. The van der Waals surface area contributed by atoms with Crippen LogP contribution < -0.4 is 10.5 Å². The van der Waals surface area contributed by atoms with Crippen molar-refractivity contribution in [3.63, 3.8) is 0 Å². The number of nitrogens with zero attached hydrogens (tertiary/aromatic N) is 3. The molecule has 5 nitrogen and oxygen atoms in total. The number of hydrogen-bond donors (Lipinski definition) is 1. The molecule has 2 N–H and O–H groups in total. The quantitative estimate of drug-likeness (QED) is 0.901. The Morgan fingerprint density at radius 1 is 1.35 bits per heavy atom. The summed E-state index contributed by atoms with van der Waals surface area (Å²) in [6, 6.07) is 11.7. The van der Waals surface area contributed by atoms with Crippen molar-refractivity contribution in [3.05, 3.63) is 58.4 Å². The molecule has 6 heteroatoms. The predicted molar refractivity (Wildman–Crippen MR) is 100 cm³/mol. The molecule has 0 bridgehead atoms. The summed E-state index contributed by atoms with van der Waals surface area (Å²) < 4.78 is 6.35. The van der Waals surface area contributed by atoms with E-state index in [2.05, 4.69) is 22.0 Å². The van der Waals surface area contributed by atoms with Gasteiger partial charge in [0.2, 0.25) is 0 Å². The number of aromatic nitrogens is 1. The molecule has 1 unspecified atom stereocenters. The average Bonchev–Trinajstić information content (AvgIpc) is 3.02. The summed E-state index contributed by atoms with van der Waals surface area (Å²) in [5.41, 5.74) is 8.91. The first-order chi connectivity index (χ1) is 12.7. The van der Waals surface area contributed by atoms with Crippen LogP contribution in [0.15, 0.2) is 36.5 Å². The van der Waals surface area contributed by atoms with Gasteiger partial charge in [-0.25, -0.2) is 0 Å². The number of halogens is 1. The number of fused-ring (bicyclic) bond motifs is 1. The Morgan fingerprint density at radius 2 is 2.23 bits per heavy atom. The number of hydrogen-bond acceptors (Lipinski definition) is 5. The molecule has 26 heavy (non-hydrogen) atoms. The van der Waals surface area contributed by atoms with Gasteiger partial charge in [-0.1, -0.05) is 17.7 Å². The second-order valence-corrected chi connectivity index (χ2v) is 7.42. The minimum Gasteiger partial charge on any atom is -0.481 e. The molecule has 1 aliphatic heterocycles. The lowest BCUT2D eigenvalue weighted by Gasteiger charge is -2.37. The highest BCUT2D eigenvalue weighted by molar-refractivity contribution is 6.32. The molecule has 2 heterocycles. The number of piperidine rings is 1. The molecule has 134 valence electrons. The number of pyridine rings is 1. The molecule has 0 spiro atoms.